The van der Waals surface area contributed by atoms with Crippen LogP contribution in [0.25, 0.3) is 0 Å². The minimum absolute atomic E-state index is 0.127. The van der Waals surface area contributed by atoms with E-state index < -0.39 is 0 Å². The lowest BCUT2D eigenvalue weighted by atomic mass is 10.2. The standard InChI is InChI=1S/C20H25S2/c1-7-8-9-18(4)22(19(5)13-12-17(3)21-6)20-14-10-16(2)11-15-20/h7-15H,3,5H2,1-2,4,6H3/q+1/b8-7-,13-12-,18-9+. The Kier molecular flexibility index (Phi) is 8.15. The summed E-state index contributed by atoms with van der Waals surface area (Å²) in [4.78, 5) is 4.76. The van der Waals surface area contributed by atoms with Crippen LogP contribution < -0.4 is 0 Å². The van der Waals surface area contributed by atoms with Gasteiger partial charge in [-0.3, -0.25) is 0 Å². The van der Waals surface area contributed by atoms with E-state index in [9.17, 15) is 0 Å². The van der Waals surface area contributed by atoms with Gasteiger partial charge in [0.2, 0.25) is 0 Å². The van der Waals surface area contributed by atoms with Crippen molar-refractivity contribution in [3.05, 3.63) is 88.1 Å². The Morgan fingerprint density at radius 2 is 1.77 bits per heavy atom. The molecule has 0 N–H and O–H groups in total. The van der Waals surface area contributed by atoms with Crippen molar-refractivity contribution in [3.8, 4) is 0 Å². The Bertz CT molecular complexity index is 601. The summed E-state index contributed by atoms with van der Waals surface area (Å²) < 4.78 is 0. The molecule has 0 saturated carbocycles. The molecule has 116 valence electrons. The normalized spacial score (nSPS) is 13.7. The molecule has 0 fully saturated rings. The van der Waals surface area contributed by atoms with Gasteiger partial charge in [-0.25, -0.2) is 0 Å². The van der Waals surface area contributed by atoms with Gasteiger partial charge in [0.05, 0.1) is 10.9 Å². The van der Waals surface area contributed by atoms with Gasteiger partial charge in [-0.05, 0) is 61.9 Å². The van der Waals surface area contributed by atoms with Gasteiger partial charge in [-0.2, -0.15) is 0 Å². The van der Waals surface area contributed by atoms with E-state index in [0.29, 0.717) is 0 Å². The third-order valence-electron chi connectivity index (χ3n) is 3.08. The van der Waals surface area contributed by atoms with Gasteiger partial charge in [0.15, 0.2) is 9.80 Å². The molecule has 0 bridgehead atoms. The molecule has 0 radical (unpaired) electrons. The first-order chi connectivity index (χ1) is 10.5. The molecular formula is C20H25S2+. The minimum atomic E-state index is -0.127. The number of aryl methyl sites for hydroxylation is 1. The highest BCUT2D eigenvalue weighted by atomic mass is 32.2. The van der Waals surface area contributed by atoms with Crippen molar-refractivity contribution in [2.24, 2.45) is 0 Å². The zero-order chi connectivity index (χ0) is 16.5. The maximum Gasteiger partial charge on any atom is 0.166 e. The molecule has 0 saturated heterocycles. The molecule has 0 heterocycles. The van der Waals surface area contributed by atoms with Gasteiger partial charge in [0.1, 0.15) is 4.91 Å². The van der Waals surface area contributed by atoms with E-state index in [-0.39, 0.29) is 10.9 Å². The van der Waals surface area contributed by atoms with Crippen molar-refractivity contribution in [3.63, 3.8) is 0 Å². The SMILES string of the molecule is C=C(/C=C\C(=C)[S+](/C(C)=C/C=C\C)c1ccc(C)cc1)SC. The lowest BCUT2D eigenvalue weighted by Gasteiger charge is -2.08. The highest BCUT2D eigenvalue weighted by Gasteiger charge is 2.27. The number of rotatable bonds is 7. The summed E-state index contributed by atoms with van der Waals surface area (Å²) in [5.41, 5.74) is 1.28. The van der Waals surface area contributed by atoms with E-state index in [1.54, 1.807) is 11.8 Å². The molecule has 1 rings (SSSR count). The van der Waals surface area contributed by atoms with Crippen molar-refractivity contribution in [2.75, 3.05) is 6.26 Å². The fourth-order valence-corrected chi connectivity index (χ4v) is 3.96. The van der Waals surface area contributed by atoms with Gasteiger partial charge in [0, 0.05) is 6.92 Å². The minimum Gasteiger partial charge on any atom is -0.130 e. The van der Waals surface area contributed by atoms with Crippen molar-refractivity contribution >= 4 is 22.7 Å². The molecule has 0 nitrogen and oxygen atoms in total. The second kappa shape index (κ2) is 9.60. The Morgan fingerprint density at radius 1 is 1.14 bits per heavy atom. The monoisotopic (exact) mass is 329 g/mol. The van der Waals surface area contributed by atoms with Crippen LogP contribution in [-0.2, 0) is 10.9 Å². The molecule has 0 aromatic heterocycles. The van der Waals surface area contributed by atoms with Crippen LogP contribution in [0.5, 0.6) is 0 Å². The molecule has 0 amide bonds. The molecule has 0 spiro atoms. The van der Waals surface area contributed by atoms with E-state index in [4.69, 9.17) is 0 Å². The summed E-state index contributed by atoms with van der Waals surface area (Å²) >= 11 is 1.65. The average molecular weight is 330 g/mol. The van der Waals surface area contributed by atoms with E-state index >= 15 is 0 Å². The van der Waals surface area contributed by atoms with Gasteiger partial charge >= 0.3 is 0 Å². The van der Waals surface area contributed by atoms with E-state index in [2.05, 4.69) is 69.5 Å². The summed E-state index contributed by atoms with van der Waals surface area (Å²) in [5.74, 6) is 0. The lowest BCUT2D eigenvalue weighted by Crippen LogP contribution is -2.05. The maximum atomic E-state index is 4.30. The van der Waals surface area contributed by atoms with Gasteiger partial charge < -0.3 is 0 Å². The zero-order valence-corrected chi connectivity index (χ0v) is 15.6. The summed E-state index contributed by atoms with van der Waals surface area (Å²) in [6, 6.07) is 8.73. The van der Waals surface area contributed by atoms with Crippen LogP contribution in [0.2, 0.25) is 0 Å². The summed E-state index contributed by atoms with van der Waals surface area (Å²) in [6.07, 6.45) is 12.5. The highest BCUT2D eigenvalue weighted by Crippen LogP contribution is 2.30. The molecule has 0 aliphatic carbocycles. The fraction of sp³-hybridized carbons (Fsp3) is 0.200. The molecule has 1 aromatic rings. The van der Waals surface area contributed by atoms with Crippen molar-refractivity contribution in [1.29, 1.82) is 0 Å². The number of hydrogen-bond acceptors (Lipinski definition) is 1. The van der Waals surface area contributed by atoms with Gasteiger partial charge in [-0.1, -0.05) is 36.4 Å². The van der Waals surface area contributed by atoms with Crippen LogP contribution in [0.1, 0.15) is 19.4 Å². The zero-order valence-electron chi connectivity index (χ0n) is 13.9. The summed E-state index contributed by atoms with van der Waals surface area (Å²) in [6.45, 7) is 14.6. The maximum absolute atomic E-state index is 4.30. The predicted octanol–water partition coefficient (Wildman–Crippen LogP) is 6.40. The second-order valence-corrected chi connectivity index (χ2v) is 8.08. The largest absolute Gasteiger partial charge is 0.166 e. The number of allylic oxidation sites excluding steroid dienone is 6. The number of thioether (sulfide) groups is 1. The molecule has 1 aromatic carbocycles. The van der Waals surface area contributed by atoms with Crippen LogP contribution in [0.15, 0.2) is 87.4 Å². The summed E-state index contributed by atoms with van der Waals surface area (Å²) in [5, 5.41) is 0. The van der Waals surface area contributed by atoms with Crippen LogP contribution in [-0.4, -0.2) is 6.26 Å². The Morgan fingerprint density at radius 3 is 2.32 bits per heavy atom. The van der Waals surface area contributed by atoms with E-state index in [1.807, 2.05) is 25.3 Å². The van der Waals surface area contributed by atoms with Crippen molar-refractivity contribution < 1.29 is 0 Å². The number of hydrogen-bond donors (Lipinski definition) is 0. The molecule has 1 unspecified atom stereocenters. The van der Waals surface area contributed by atoms with E-state index in [1.165, 1.54) is 15.4 Å². The Labute approximate surface area is 142 Å². The quantitative estimate of drug-likeness (QED) is 0.412. The lowest BCUT2D eigenvalue weighted by molar-refractivity contribution is 1.37. The van der Waals surface area contributed by atoms with Crippen LogP contribution >= 0.6 is 11.8 Å². The molecule has 0 aliphatic rings. The van der Waals surface area contributed by atoms with Gasteiger partial charge in [-0.15, -0.1) is 11.8 Å². The predicted molar refractivity (Wildman–Crippen MR) is 106 cm³/mol. The van der Waals surface area contributed by atoms with Gasteiger partial charge in [0.25, 0.3) is 0 Å². The first kappa shape index (κ1) is 18.7. The fourth-order valence-electron chi connectivity index (χ4n) is 1.84. The highest BCUT2D eigenvalue weighted by molar-refractivity contribution is 8.04. The van der Waals surface area contributed by atoms with Crippen molar-refractivity contribution in [2.45, 2.75) is 25.7 Å². The average Bonchev–Trinajstić information content (AvgIpc) is 2.52. The smallest absolute Gasteiger partial charge is 0.130 e. The van der Waals surface area contributed by atoms with Crippen molar-refractivity contribution in [1.82, 2.24) is 0 Å². The topological polar surface area (TPSA) is 0 Å². The molecule has 2 heteroatoms. The second-order valence-electron chi connectivity index (χ2n) is 4.89. The third kappa shape index (κ3) is 5.78. The van der Waals surface area contributed by atoms with E-state index in [0.717, 1.165) is 9.81 Å². The third-order valence-corrected chi connectivity index (χ3v) is 5.93. The first-order valence-electron chi connectivity index (χ1n) is 7.20. The summed E-state index contributed by atoms with van der Waals surface area (Å²) in [7, 11) is -0.127. The first-order valence-corrected chi connectivity index (χ1v) is 9.65. The molecular weight excluding hydrogens is 304 g/mol. The molecule has 1 atom stereocenters. The molecule has 22 heavy (non-hydrogen) atoms. The number of benzene rings is 1. The molecule has 0 aliphatic heterocycles. The Hall–Kier alpha value is -1.38. The van der Waals surface area contributed by atoms with Crippen LogP contribution in [0, 0.1) is 6.92 Å². The Balaban J connectivity index is 3.16. The van der Waals surface area contributed by atoms with Crippen LogP contribution in [0.4, 0.5) is 0 Å². The van der Waals surface area contributed by atoms with Crippen LogP contribution in [0.3, 0.4) is 0 Å².